The van der Waals surface area contributed by atoms with E-state index >= 15 is 0 Å². The zero-order chi connectivity index (χ0) is 13.8. The Morgan fingerprint density at radius 2 is 2.21 bits per heavy atom. The van der Waals surface area contributed by atoms with Gasteiger partial charge in [-0.3, -0.25) is 10.5 Å². The van der Waals surface area contributed by atoms with E-state index in [1.54, 1.807) is 6.20 Å². The lowest BCUT2D eigenvalue weighted by Crippen LogP contribution is -2.31. The van der Waals surface area contributed by atoms with Gasteiger partial charge in [0, 0.05) is 17.8 Å². The summed E-state index contributed by atoms with van der Waals surface area (Å²) < 4.78 is 1.98. The molecule has 3 N–H and O–H groups in total. The highest BCUT2D eigenvalue weighted by atomic mass is 35.5. The van der Waals surface area contributed by atoms with Gasteiger partial charge in [0.05, 0.1) is 11.7 Å². The summed E-state index contributed by atoms with van der Waals surface area (Å²) in [5, 5.41) is 5.09. The fourth-order valence-electron chi connectivity index (χ4n) is 2.26. The largest absolute Gasteiger partial charge is 0.271 e. The van der Waals surface area contributed by atoms with Crippen molar-refractivity contribution in [3.05, 3.63) is 52.3 Å². The van der Waals surface area contributed by atoms with Crippen molar-refractivity contribution in [2.24, 2.45) is 5.84 Å². The van der Waals surface area contributed by atoms with Crippen molar-refractivity contribution in [2.75, 3.05) is 0 Å². The van der Waals surface area contributed by atoms with Crippen molar-refractivity contribution in [3.8, 4) is 0 Å². The minimum absolute atomic E-state index is 0.104. The molecule has 1 aromatic heterocycles. The Balaban J connectivity index is 2.44. The van der Waals surface area contributed by atoms with Crippen LogP contribution in [0.3, 0.4) is 0 Å². The number of hydrogen-bond acceptors (Lipinski definition) is 3. The Morgan fingerprint density at radius 1 is 1.42 bits per heavy atom. The van der Waals surface area contributed by atoms with Crippen LogP contribution in [0.15, 0.2) is 30.5 Å². The highest BCUT2D eigenvalue weighted by Gasteiger charge is 2.19. The maximum absolute atomic E-state index is 6.19. The summed E-state index contributed by atoms with van der Waals surface area (Å²) in [7, 11) is 0. The molecule has 2 aromatic rings. The van der Waals surface area contributed by atoms with Crippen LogP contribution in [-0.4, -0.2) is 9.78 Å². The zero-order valence-corrected chi connectivity index (χ0v) is 12.0. The van der Waals surface area contributed by atoms with Gasteiger partial charge < -0.3 is 0 Å². The third kappa shape index (κ3) is 2.81. The number of benzene rings is 1. The molecule has 4 nitrogen and oxygen atoms in total. The van der Waals surface area contributed by atoms with Gasteiger partial charge in [-0.1, -0.05) is 30.7 Å². The standard InChI is InChI=1S/C14H19ClN4/c1-3-9-19-13(7-8-17-19)14(18-16)11-5-4-6-12(15)10(11)2/h4-8,14,18H,3,9,16H2,1-2H3. The van der Waals surface area contributed by atoms with Gasteiger partial charge in [-0.2, -0.15) is 5.10 Å². The first-order valence-electron chi connectivity index (χ1n) is 6.41. The van der Waals surface area contributed by atoms with Crippen molar-refractivity contribution < 1.29 is 0 Å². The predicted molar refractivity (Wildman–Crippen MR) is 77.9 cm³/mol. The number of hydrazine groups is 1. The lowest BCUT2D eigenvalue weighted by molar-refractivity contribution is 0.520. The highest BCUT2D eigenvalue weighted by Crippen LogP contribution is 2.28. The van der Waals surface area contributed by atoms with Gasteiger partial charge in [-0.05, 0) is 36.6 Å². The molecule has 1 heterocycles. The lowest BCUT2D eigenvalue weighted by atomic mass is 9.99. The number of nitrogens with one attached hydrogen (secondary N) is 1. The van der Waals surface area contributed by atoms with Crippen molar-refractivity contribution in [3.63, 3.8) is 0 Å². The van der Waals surface area contributed by atoms with Gasteiger partial charge >= 0.3 is 0 Å². The first kappa shape index (κ1) is 14.1. The second-order valence-corrected chi connectivity index (χ2v) is 4.94. The first-order chi connectivity index (χ1) is 9.19. The third-order valence-corrected chi connectivity index (χ3v) is 3.68. The fraction of sp³-hybridized carbons (Fsp3) is 0.357. The maximum atomic E-state index is 6.19. The Kier molecular flexibility index (Phi) is 4.58. The molecule has 0 spiro atoms. The molecule has 19 heavy (non-hydrogen) atoms. The van der Waals surface area contributed by atoms with Crippen LogP contribution in [0.4, 0.5) is 0 Å². The van der Waals surface area contributed by atoms with E-state index in [0.29, 0.717) is 0 Å². The van der Waals surface area contributed by atoms with Gasteiger partial charge in [-0.25, -0.2) is 5.43 Å². The predicted octanol–water partition coefficient (Wildman–Crippen LogP) is 2.81. The number of halogens is 1. The Hall–Kier alpha value is -1.36. The average Bonchev–Trinajstić information content (AvgIpc) is 2.84. The van der Waals surface area contributed by atoms with Gasteiger partial charge in [0.15, 0.2) is 0 Å². The third-order valence-electron chi connectivity index (χ3n) is 3.27. The van der Waals surface area contributed by atoms with Gasteiger partial charge in [0.2, 0.25) is 0 Å². The van der Waals surface area contributed by atoms with Gasteiger partial charge in [-0.15, -0.1) is 0 Å². The molecule has 0 radical (unpaired) electrons. The molecular formula is C14H19ClN4. The quantitative estimate of drug-likeness (QED) is 0.653. The molecule has 0 amide bonds. The van der Waals surface area contributed by atoms with E-state index in [4.69, 9.17) is 17.4 Å². The van der Waals surface area contributed by atoms with E-state index in [-0.39, 0.29) is 6.04 Å². The molecule has 0 saturated heterocycles. The number of rotatable bonds is 5. The summed E-state index contributed by atoms with van der Waals surface area (Å²) in [6, 6.07) is 7.75. The van der Waals surface area contributed by atoms with Crippen LogP contribution >= 0.6 is 11.6 Å². The topological polar surface area (TPSA) is 55.9 Å². The minimum atomic E-state index is -0.104. The molecule has 0 saturated carbocycles. The summed E-state index contributed by atoms with van der Waals surface area (Å²) in [6.45, 7) is 5.00. The highest BCUT2D eigenvalue weighted by molar-refractivity contribution is 6.31. The van der Waals surface area contributed by atoms with Gasteiger partial charge in [0.1, 0.15) is 0 Å². The molecular weight excluding hydrogens is 260 g/mol. The van der Waals surface area contributed by atoms with Crippen molar-refractivity contribution in [1.82, 2.24) is 15.2 Å². The van der Waals surface area contributed by atoms with Crippen LogP contribution in [-0.2, 0) is 6.54 Å². The fourth-order valence-corrected chi connectivity index (χ4v) is 2.44. The van der Waals surface area contributed by atoms with E-state index in [2.05, 4.69) is 17.4 Å². The zero-order valence-electron chi connectivity index (χ0n) is 11.2. The summed E-state index contributed by atoms with van der Waals surface area (Å²) in [6.07, 6.45) is 2.83. The average molecular weight is 279 g/mol. The van der Waals surface area contributed by atoms with E-state index < -0.39 is 0 Å². The molecule has 0 aliphatic heterocycles. The summed E-state index contributed by atoms with van der Waals surface area (Å²) in [5.41, 5.74) is 6.03. The summed E-state index contributed by atoms with van der Waals surface area (Å²) >= 11 is 6.19. The Labute approximate surface area is 118 Å². The lowest BCUT2D eigenvalue weighted by Gasteiger charge is -2.20. The van der Waals surface area contributed by atoms with Crippen LogP contribution in [0.25, 0.3) is 0 Å². The van der Waals surface area contributed by atoms with Crippen LogP contribution in [0.1, 0.15) is 36.2 Å². The molecule has 102 valence electrons. The SMILES string of the molecule is CCCn1nccc1C(NN)c1cccc(Cl)c1C. The van der Waals surface area contributed by atoms with Crippen molar-refractivity contribution in [1.29, 1.82) is 0 Å². The Bertz CT molecular complexity index is 550. The van der Waals surface area contributed by atoms with E-state index in [1.807, 2.05) is 35.9 Å². The minimum Gasteiger partial charge on any atom is -0.271 e. The van der Waals surface area contributed by atoms with E-state index in [1.165, 1.54) is 0 Å². The van der Waals surface area contributed by atoms with E-state index in [0.717, 1.165) is 34.8 Å². The van der Waals surface area contributed by atoms with Crippen LogP contribution in [0.2, 0.25) is 5.02 Å². The monoisotopic (exact) mass is 278 g/mol. The number of aromatic nitrogens is 2. The molecule has 0 bridgehead atoms. The number of hydrogen-bond donors (Lipinski definition) is 2. The second kappa shape index (κ2) is 6.19. The molecule has 1 aromatic carbocycles. The molecule has 5 heteroatoms. The normalized spacial score (nSPS) is 12.6. The second-order valence-electron chi connectivity index (χ2n) is 4.53. The number of aryl methyl sites for hydroxylation is 1. The van der Waals surface area contributed by atoms with Crippen LogP contribution < -0.4 is 11.3 Å². The van der Waals surface area contributed by atoms with Crippen LogP contribution in [0, 0.1) is 6.92 Å². The Morgan fingerprint density at radius 3 is 2.89 bits per heavy atom. The summed E-state index contributed by atoms with van der Waals surface area (Å²) in [5.74, 6) is 5.75. The number of nitrogens with two attached hydrogens (primary N) is 1. The molecule has 2 rings (SSSR count). The van der Waals surface area contributed by atoms with Gasteiger partial charge in [0.25, 0.3) is 0 Å². The van der Waals surface area contributed by atoms with Crippen LogP contribution in [0.5, 0.6) is 0 Å². The number of nitrogens with zero attached hydrogens (tertiary/aromatic N) is 2. The molecule has 1 unspecified atom stereocenters. The van der Waals surface area contributed by atoms with Crippen molar-refractivity contribution in [2.45, 2.75) is 32.9 Å². The molecule has 0 fully saturated rings. The van der Waals surface area contributed by atoms with E-state index in [9.17, 15) is 0 Å². The summed E-state index contributed by atoms with van der Waals surface area (Å²) in [4.78, 5) is 0. The maximum Gasteiger partial charge on any atom is 0.0881 e. The first-order valence-corrected chi connectivity index (χ1v) is 6.79. The van der Waals surface area contributed by atoms with Crippen molar-refractivity contribution >= 4 is 11.6 Å². The molecule has 0 aliphatic carbocycles. The molecule has 0 aliphatic rings. The smallest absolute Gasteiger partial charge is 0.0881 e. The molecule has 1 atom stereocenters.